The van der Waals surface area contributed by atoms with Gasteiger partial charge in [-0.2, -0.15) is 0 Å². The minimum absolute atomic E-state index is 0.583. The lowest BCUT2D eigenvalue weighted by atomic mass is 9.87. The number of hydrogen-bond acceptors (Lipinski definition) is 4. The molecule has 0 aliphatic heterocycles. The Bertz CT molecular complexity index is 3840. The highest BCUT2D eigenvalue weighted by Gasteiger charge is 2.20. The molecule has 0 atom stereocenters. The molecule has 11 aromatic carbocycles. The van der Waals surface area contributed by atoms with Crippen LogP contribution in [0.5, 0.6) is 0 Å². The largest absolute Gasteiger partial charge is 0.456 e. The first-order valence-corrected chi connectivity index (χ1v) is 20.0. The van der Waals surface area contributed by atoms with Crippen LogP contribution in [-0.2, 0) is 0 Å². The molecule has 272 valence electrons. The van der Waals surface area contributed by atoms with Crippen LogP contribution in [-0.4, -0.2) is 15.0 Å². The van der Waals surface area contributed by atoms with Crippen molar-refractivity contribution in [3.8, 4) is 45.3 Å². The van der Waals surface area contributed by atoms with Crippen molar-refractivity contribution in [1.29, 1.82) is 0 Å². The summed E-state index contributed by atoms with van der Waals surface area (Å²) in [5.74, 6) is 1.80. The second-order valence-corrected chi connectivity index (χ2v) is 15.5. The molecule has 59 heavy (non-hydrogen) atoms. The first kappa shape index (κ1) is 32.2. The molecule has 0 amide bonds. The van der Waals surface area contributed by atoms with Gasteiger partial charge >= 0.3 is 0 Å². The van der Waals surface area contributed by atoms with Gasteiger partial charge in [0.25, 0.3) is 0 Å². The number of nitrogens with zero attached hydrogens (tertiary/aromatic N) is 3. The number of rotatable bonds is 4. The zero-order valence-corrected chi connectivity index (χ0v) is 31.6. The lowest BCUT2D eigenvalue weighted by molar-refractivity contribution is 0.669. The fourth-order valence-corrected chi connectivity index (χ4v) is 9.58. The van der Waals surface area contributed by atoms with Gasteiger partial charge in [0.2, 0.25) is 0 Å². The third-order valence-electron chi connectivity index (χ3n) is 12.2. The van der Waals surface area contributed by atoms with E-state index in [4.69, 9.17) is 19.4 Å². The van der Waals surface area contributed by atoms with Gasteiger partial charge in [0.15, 0.2) is 17.5 Å². The maximum Gasteiger partial charge on any atom is 0.164 e. The Hall–Kier alpha value is -7.95. The Morgan fingerprint density at radius 3 is 1.51 bits per heavy atom. The Morgan fingerprint density at radius 1 is 0.271 bits per heavy atom. The van der Waals surface area contributed by atoms with E-state index in [1.54, 1.807) is 0 Å². The summed E-state index contributed by atoms with van der Waals surface area (Å²) in [5.41, 5.74) is 6.53. The summed E-state index contributed by atoms with van der Waals surface area (Å²) < 4.78 is 6.37. The third kappa shape index (κ3) is 4.81. The van der Waals surface area contributed by atoms with Crippen molar-refractivity contribution in [2.75, 3.05) is 0 Å². The maximum atomic E-state index is 6.37. The molecule has 13 rings (SSSR count). The van der Waals surface area contributed by atoms with Crippen LogP contribution in [0.4, 0.5) is 0 Å². The molecule has 13 aromatic rings. The molecule has 0 radical (unpaired) electrons. The first-order chi connectivity index (χ1) is 29.2. The molecule has 0 N–H and O–H groups in total. The second kappa shape index (κ2) is 12.3. The van der Waals surface area contributed by atoms with E-state index in [1.165, 1.54) is 59.2 Å². The van der Waals surface area contributed by atoms with Crippen LogP contribution in [0.2, 0.25) is 0 Å². The summed E-state index contributed by atoms with van der Waals surface area (Å²) in [6.07, 6.45) is 0. The SMILES string of the molecule is c1ccc(-c2ccccc2-c2nc(-c3ccc4c(c3)oc3ccccc34)nc(-c3cc4ccc5cccc6c7cccc8ccc9cccc(c(c3)c4c56)c9c87)n2)cc1. The molecule has 4 nitrogen and oxygen atoms in total. The van der Waals surface area contributed by atoms with Crippen LogP contribution < -0.4 is 0 Å². The Labute approximate surface area is 338 Å². The average Bonchev–Trinajstić information content (AvgIpc) is 3.68. The fourth-order valence-electron chi connectivity index (χ4n) is 9.58. The van der Waals surface area contributed by atoms with Crippen molar-refractivity contribution in [2.24, 2.45) is 0 Å². The van der Waals surface area contributed by atoms with Crippen molar-refractivity contribution in [1.82, 2.24) is 15.0 Å². The van der Waals surface area contributed by atoms with Crippen LogP contribution in [0.3, 0.4) is 0 Å². The number of para-hydroxylation sites is 1. The molecule has 0 saturated heterocycles. The quantitative estimate of drug-likeness (QED) is 0.168. The lowest BCUT2D eigenvalue weighted by Crippen LogP contribution is -2.01. The highest BCUT2D eigenvalue weighted by molar-refractivity contribution is 6.37. The van der Waals surface area contributed by atoms with E-state index in [-0.39, 0.29) is 0 Å². The number of furan rings is 1. The van der Waals surface area contributed by atoms with Crippen LogP contribution in [0.15, 0.2) is 192 Å². The van der Waals surface area contributed by atoms with Crippen molar-refractivity contribution in [3.05, 3.63) is 188 Å². The summed E-state index contributed by atoms with van der Waals surface area (Å²) in [5, 5.41) is 16.9. The summed E-state index contributed by atoms with van der Waals surface area (Å²) in [4.78, 5) is 15.9. The van der Waals surface area contributed by atoms with Gasteiger partial charge in [-0.3, -0.25) is 0 Å². The molecule has 0 aliphatic rings. The smallest absolute Gasteiger partial charge is 0.164 e. The van der Waals surface area contributed by atoms with Crippen molar-refractivity contribution in [3.63, 3.8) is 0 Å². The summed E-state index contributed by atoms with van der Waals surface area (Å²) in [6.45, 7) is 0. The monoisotopic (exact) mass is 749 g/mol. The standard InChI is InChI=1S/C55H31N3O/c1-2-11-32(12-3-1)39-16-4-5-18-45(39)55-57-53(37-27-28-41-40-17-6-7-22-47(40)59-48(41)31-37)56-54(58-55)38-29-36-26-25-35-14-9-20-43-42-19-8-13-33-23-24-34-15-10-21-44(51(34)49(33)42)46(30-38)52(36)50(35)43/h1-31H. The zero-order chi connectivity index (χ0) is 38.6. The molecule has 0 bridgehead atoms. The van der Waals surface area contributed by atoms with Gasteiger partial charge in [-0.1, -0.05) is 158 Å². The van der Waals surface area contributed by atoms with Crippen LogP contribution in [0, 0.1) is 0 Å². The summed E-state index contributed by atoms with van der Waals surface area (Å²) >= 11 is 0. The number of aromatic nitrogens is 3. The average molecular weight is 750 g/mol. The maximum absolute atomic E-state index is 6.37. The molecular formula is C55H31N3O. The molecule has 0 spiro atoms. The van der Waals surface area contributed by atoms with Crippen molar-refractivity contribution < 1.29 is 4.42 Å². The molecule has 0 fully saturated rings. The van der Waals surface area contributed by atoms with E-state index in [0.717, 1.165) is 55.1 Å². The molecule has 4 heteroatoms. The molecule has 2 heterocycles. The van der Waals surface area contributed by atoms with Gasteiger partial charge in [-0.15, -0.1) is 0 Å². The van der Waals surface area contributed by atoms with E-state index in [1.807, 2.05) is 24.3 Å². The van der Waals surface area contributed by atoms with Gasteiger partial charge in [-0.05, 0) is 106 Å². The van der Waals surface area contributed by atoms with Gasteiger partial charge < -0.3 is 4.42 Å². The first-order valence-electron chi connectivity index (χ1n) is 20.0. The van der Waals surface area contributed by atoms with Crippen LogP contribution in [0.25, 0.3) is 132 Å². The molecule has 0 saturated carbocycles. The predicted octanol–water partition coefficient (Wildman–Crippen LogP) is 14.8. The van der Waals surface area contributed by atoms with E-state index in [2.05, 4.69) is 164 Å². The van der Waals surface area contributed by atoms with Gasteiger partial charge in [0.05, 0.1) is 0 Å². The fraction of sp³-hybridized carbons (Fsp3) is 0. The van der Waals surface area contributed by atoms with Gasteiger partial charge in [0.1, 0.15) is 11.2 Å². The van der Waals surface area contributed by atoms with E-state index >= 15 is 0 Å². The highest BCUT2D eigenvalue weighted by Crippen LogP contribution is 2.45. The number of benzene rings is 10. The number of hydrogen-bond donors (Lipinski definition) is 0. The third-order valence-corrected chi connectivity index (χ3v) is 12.2. The highest BCUT2D eigenvalue weighted by atomic mass is 16.3. The number of fused-ring (bicyclic) bond motifs is 5. The Morgan fingerprint density at radius 2 is 0.797 bits per heavy atom. The molecule has 0 aliphatic carbocycles. The van der Waals surface area contributed by atoms with E-state index in [9.17, 15) is 0 Å². The van der Waals surface area contributed by atoms with Crippen LogP contribution in [0.1, 0.15) is 0 Å². The zero-order valence-electron chi connectivity index (χ0n) is 31.6. The van der Waals surface area contributed by atoms with Crippen molar-refractivity contribution >= 4 is 86.6 Å². The predicted molar refractivity (Wildman–Crippen MR) is 245 cm³/mol. The second-order valence-electron chi connectivity index (χ2n) is 15.5. The van der Waals surface area contributed by atoms with E-state index < -0.39 is 0 Å². The molecule has 2 aromatic heterocycles. The molecule has 0 unspecified atom stereocenters. The Kier molecular flexibility index (Phi) is 6.69. The van der Waals surface area contributed by atoms with Crippen LogP contribution >= 0.6 is 0 Å². The summed E-state index contributed by atoms with van der Waals surface area (Å²) in [7, 11) is 0. The minimum atomic E-state index is 0.583. The van der Waals surface area contributed by atoms with Crippen molar-refractivity contribution in [2.45, 2.75) is 0 Å². The topological polar surface area (TPSA) is 51.8 Å². The lowest BCUT2D eigenvalue weighted by Gasteiger charge is -2.17. The Balaban J connectivity index is 1.14. The molecular weight excluding hydrogens is 719 g/mol. The normalized spacial score (nSPS) is 12.1. The van der Waals surface area contributed by atoms with Gasteiger partial charge in [-0.25, -0.2) is 15.0 Å². The van der Waals surface area contributed by atoms with E-state index in [0.29, 0.717) is 17.5 Å². The van der Waals surface area contributed by atoms with Gasteiger partial charge in [0, 0.05) is 27.5 Å². The summed E-state index contributed by atoms with van der Waals surface area (Å²) in [6, 6.07) is 67.0. The minimum Gasteiger partial charge on any atom is -0.456 e.